The van der Waals surface area contributed by atoms with Crippen molar-refractivity contribution in [2.45, 2.75) is 37.0 Å². The maximum Gasteiger partial charge on any atom is 0.292 e. The van der Waals surface area contributed by atoms with E-state index in [1.54, 1.807) is 19.1 Å². The van der Waals surface area contributed by atoms with Gasteiger partial charge in [-0.25, -0.2) is 23.1 Å². The van der Waals surface area contributed by atoms with Crippen molar-refractivity contribution in [2.75, 3.05) is 18.1 Å². The SMILES string of the molecule is Cc1ccc(N(C(=O)[C@H](F)Cl)[C@@](C)(C(=O)NC2COCC2(F)F)c2cncnc2)cc1. The molecule has 0 radical (unpaired) electrons. The third-order valence-electron chi connectivity index (χ3n) is 5.11. The lowest BCUT2D eigenvalue weighted by Crippen LogP contribution is -2.61. The van der Waals surface area contributed by atoms with Crippen LogP contribution in [0.4, 0.5) is 18.9 Å². The van der Waals surface area contributed by atoms with Gasteiger partial charge in [0.25, 0.3) is 23.4 Å². The number of aromatic nitrogens is 2. The fourth-order valence-corrected chi connectivity index (χ4v) is 3.39. The molecule has 3 atom stereocenters. The van der Waals surface area contributed by atoms with E-state index in [4.69, 9.17) is 16.3 Å². The molecular weight excluding hydrogens is 437 g/mol. The number of ether oxygens (including phenoxy) is 1. The Hall–Kier alpha value is -2.72. The molecule has 1 aliphatic rings. The topological polar surface area (TPSA) is 84.4 Å². The first kappa shape index (κ1) is 23.0. The van der Waals surface area contributed by atoms with Gasteiger partial charge in [0.15, 0.2) is 5.54 Å². The molecule has 0 saturated carbocycles. The predicted octanol–water partition coefficient (Wildman–Crippen LogP) is 2.72. The number of nitrogens with zero attached hydrogens (tertiary/aromatic N) is 3. The third-order valence-corrected chi connectivity index (χ3v) is 5.29. The van der Waals surface area contributed by atoms with Gasteiger partial charge in [0.05, 0.1) is 6.61 Å². The monoisotopic (exact) mass is 456 g/mol. The van der Waals surface area contributed by atoms with E-state index in [2.05, 4.69) is 15.3 Å². The molecule has 0 bridgehead atoms. The second-order valence-corrected chi connectivity index (χ2v) is 7.69. The highest BCUT2D eigenvalue weighted by atomic mass is 35.5. The summed E-state index contributed by atoms with van der Waals surface area (Å²) in [5, 5.41) is 2.23. The van der Waals surface area contributed by atoms with Gasteiger partial charge in [-0.1, -0.05) is 29.3 Å². The standard InChI is InChI=1S/C20H20ClF3N4O3/c1-12-3-5-14(6-4-12)28(17(29)16(21)22)19(2,13-7-25-11-26-8-13)18(30)27-15-9-31-10-20(15,23)24/h3-8,11,15-16H,9-10H2,1-2H3,(H,27,30)/t15?,16-,19+/m0/s1. The van der Waals surface area contributed by atoms with Crippen LogP contribution in [0, 0.1) is 6.92 Å². The maximum atomic E-state index is 14.1. The van der Waals surface area contributed by atoms with E-state index < -0.39 is 48.2 Å². The average Bonchev–Trinajstić information content (AvgIpc) is 3.07. The van der Waals surface area contributed by atoms with Crippen LogP contribution in [0.1, 0.15) is 18.1 Å². The van der Waals surface area contributed by atoms with Crippen LogP contribution >= 0.6 is 11.6 Å². The maximum absolute atomic E-state index is 14.1. The summed E-state index contributed by atoms with van der Waals surface area (Å²) < 4.78 is 47.0. The van der Waals surface area contributed by atoms with Gasteiger partial charge >= 0.3 is 0 Å². The number of aryl methyl sites for hydroxylation is 1. The Bertz CT molecular complexity index is 946. The molecule has 2 aromatic rings. The molecule has 1 aliphatic heterocycles. The molecule has 3 rings (SSSR count). The minimum absolute atomic E-state index is 0.0703. The lowest BCUT2D eigenvalue weighted by molar-refractivity contribution is -0.133. The number of carbonyl (C=O) groups excluding carboxylic acids is 2. The van der Waals surface area contributed by atoms with E-state index in [0.29, 0.717) is 0 Å². The molecule has 7 nitrogen and oxygen atoms in total. The average molecular weight is 457 g/mol. The minimum atomic E-state index is -3.31. The van der Waals surface area contributed by atoms with Crippen molar-refractivity contribution in [1.29, 1.82) is 0 Å². The van der Waals surface area contributed by atoms with Gasteiger partial charge in [-0.05, 0) is 26.0 Å². The summed E-state index contributed by atoms with van der Waals surface area (Å²) >= 11 is 5.46. The highest BCUT2D eigenvalue weighted by molar-refractivity contribution is 6.32. The smallest absolute Gasteiger partial charge is 0.292 e. The number of benzene rings is 1. The molecule has 0 aliphatic carbocycles. The van der Waals surface area contributed by atoms with Crippen LogP contribution in [0.3, 0.4) is 0 Å². The largest absolute Gasteiger partial charge is 0.373 e. The van der Waals surface area contributed by atoms with Gasteiger partial charge < -0.3 is 10.1 Å². The lowest BCUT2D eigenvalue weighted by Gasteiger charge is -2.40. The zero-order valence-corrected chi connectivity index (χ0v) is 17.4. The Morgan fingerprint density at radius 3 is 2.42 bits per heavy atom. The van der Waals surface area contributed by atoms with Crippen molar-refractivity contribution < 1.29 is 27.5 Å². The molecule has 0 spiro atoms. The van der Waals surface area contributed by atoms with Crippen molar-refractivity contribution in [3.05, 3.63) is 54.1 Å². The number of halogens is 4. The number of hydrogen-bond acceptors (Lipinski definition) is 5. The zero-order valence-electron chi connectivity index (χ0n) is 16.7. The molecule has 1 unspecified atom stereocenters. The number of rotatable bonds is 6. The fourth-order valence-electron chi connectivity index (χ4n) is 3.29. The molecular formula is C20H20ClF3N4O3. The molecule has 1 fully saturated rings. The summed E-state index contributed by atoms with van der Waals surface area (Å²) in [6.07, 6.45) is 3.68. The number of hydrogen-bond donors (Lipinski definition) is 1. The Morgan fingerprint density at radius 2 is 1.90 bits per heavy atom. The first-order valence-electron chi connectivity index (χ1n) is 9.28. The van der Waals surface area contributed by atoms with Gasteiger partial charge in [0, 0.05) is 23.6 Å². The molecule has 1 aromatic carbocycles. The van der Waals surface area contributed by atoms with Gasteiger partial charge in [-0.2, -0.15) is 0 Å². The highest BCUT2D eigenvalue weighted by Gasteiger charge is 2.52. The first-order valence-corrected chi connectivity index (χ1v) is 9.72. The second-order valence-electron chi connectivity index (χ2n) is 7.31. The van der Waals surface area contributed by atoms with Crippen molar-refractivity contribution in [1.82, 2.24) is 15.3 Å². The molecule has 2 amide bonds. The minimum Gasteiger partial charge on any atom is -0.373 e. The van der Waals surface area contributed by atoms with Crippen LogP contribution in [0.5, 0.6) is 0 Å². The highest BCUT2D eigenvalue weighted by Crippen LogP contribution is 2.36. The van der Waals surface area contributed by atoms with Crippen LogP contribution in [0.15, 0.2) is 43.0 Å². The van der Waals surface area contributed by atoms with Crippen molar-refractivity contribution in [2.24, 2.45) is 0 Å². The molecule has 1 saturated heterocycles. The van der Waals surface area contributed by atoms with Crippen molar-refractivity contribution >= 4 is 29.1 Å². The summed E-state index contributed by atoms with van der Waals surface area (Å²) in [7, 11) is 0. The molecule has 1 N–H and O–H groups in total. The quantitative estimate of drug-likeness (QED) is 0.676. The lowest BCUT2D eigenvalue weighted by atomic mass is 9.89. The molecule has 166 valence electrons. The second kappa shape index (κ2) is 8.80. The number of nitrogens with one attached hydrogen (secondary N) is 1. The first-order chi connectivity index (χ1) is 14.6. The van der Waals surface area contributed by atoms with Gasteiger partial charge in [-0.15, -0.1) is 0 Å². The number of anilines is 1. The van der Waals surface area contributed by atoms with E-state index in [9.17, 15) is 22.8 Å². The van der Waals surface area contributed by atoms with E-state index >= 15 is 0 Å². The van der Waals surface area contributed by atoms with Crippen molar-refractivity contribution in [3.8, 4) is 0 Å². The summed E-state index contributed by atoms with van der Waals surface area (Å²) in [5.74, 6) is -5.55. The summed E-state index contributed by atoms with van der Waals surface area (Å²) in [6, 6.07) is 4.66. The fraction of sp³-hybridized carbons (Fsp3) is 0.400. The number of alkyl halides is 4. The van der Waals surface area contributed by atoms with Crippen LogP contribution in [-0.2, 0) is 19.9 Å². The van der Waals surface area contributed by atoms with Crippen LogP contribution < -0.4 is 10.2 Å². The van der Waals surface area contributed by atoms with Gasteiger partial charge in [0.1, 0.15) is 19.0 Å². The number of amides is 2. The molecule has 1 aromatic heterocycles. The Labute approximate surface area is 181 Å². The number of carbonyl (C=O) groups is 2. The Balaban J connectivity index is 2.14. The molecule has 2 heterocycles. The normalized spacial score (nSPS) is 20.5. The van der Waals surface area contributed by atoms with E-state index in [1.165, 1.54) is 37.8 Å². The summed E-state index contributed by atoms with van der Waals surface area (Å²) in [6.45, 7) is 1.82. The van der Waals surface area contributed by atoms with E-state index in [1.807, 2.05) is 0 Å². The Morgan fingerprint density at radius 1 is 1.29 bits per heavy atom. The molecule has 31 heavy (non-hydrogen) atoms. The van der Waals surface area contributed by atoms with E-state index in [0.717, 1.165) is 10.5 Å². The summed E-state index contributed by atoms with van der Waals surface area (Å²) in [5.41, 5.74) is -3.45. The Kier molecular flexibility index (Phi) is 6.51. The predicted molar refractivity (Wildman–Crippen MR) is 106 cm³/mol. The molecule has 11 heteroatoms. The summed E-state index contributed by atoms with van der Waals surface area (Å²) in [4.78, 5) is 34.8. The van der Waals surface area contributed by atoms with Crippen molar-refractivity contribution in [3.63, 3.8) is 0 Å². The van der Waals surface area contributed by atoms with Crippen LogP contribution in [0.2, 0.25) is 0 Å². The zero-order chi connectivity index (χ0) is 22.8. The van der Waals surface area contributed by atoms with Crippen LogP contribution in [0.25, 0.3) is 0 Å². The van der Waals surface area contributed by atoms with Gasteiger partial charge in [0.2, 0.25) is 0 Å². The third kappa shape index (κ3) is 4.49. The van der Waals surface area contributed by atoms with Crippen LogP contribution in [-0.4, -0.2) is 52.6 Å². The van der Waals surface area contributed by atoms with Gasteiger partial charge in [-0.3, -0.25) is 14.5 Å². The van der Waals surface area contributed by atoms with E-state index in [-0.39, 0.29) is 11.3 Å².